The summed E-state index contributed by atoms with van der Waals surface area (Å²) in [5, 5.41) is 23.3. The fourth-order valence-electron chi connectivity index (χ4n) is 2.03. The maximum Gasteiger partial charge on any atom is 0.307 e. The van der Waals surface area contributed by atoms with Gasteiger partial charge in [0.25, 0.3) is 0 Å². The summed E-state index contributed by atoms with van der Waals surface area (Å²) in [7, 11) is 0. The SMILES string of the molecule is O=C(N/N=C\c1ccc(O)c(O)c1)c1cc2cc(Br)cc(I)c2o1. The number of hydrazone groups is 1. The monoisotopic (exact) mass is 500 g/mol. The van der Waals surface area contributed by atoms with Crippen LogP contribution < -0.4 is 5.43 Å². The van der Waals surface area contributed by atoms with Gasteiger partial charge in [0.2, 0.25) is 0 Å². The van der Waals surface area contributed by atoms with Gasteiger partial charge in [-0.25, -0.2) is 5.43 Å². The first-order valence-electron chi connectivity index (χ1n) is 6.68. The Bertz CT molecular complexity index is 968. The molecule has 0 fully saturated rings. The van der Waals surface area contributed by atoms with Crippen molar-refractivity contribution in [2.75, 3.05) is 0 Å². The number of amides is 1. The van der Waals surface area contributed by atoms with Crippen LogP contribution in [0.15, 0.2) is 50.4 Å². The molecule has 122 valence electrons. The molecule has 0 saturated carbocycles. The number of carbonyl (C=O) groups is 1. The Morgan fingerprint density at radius 3 is 2.75 bits per heavy atom. The van der Waals surface area contributed by atoms with Crippen LogP contribution in [-0.4, -0.2) is 22.3 Å². The number of nitrogens with zero attached hydrogens (tertiary/aromatic N) is 1. The molecule has 0 saturated heterocycles. The number of phenols is 2. The van der Waals surface area contributed by atoms with Crippen LogP contribution >= 0.6 is 38.5 Å². The van der Waals surface area contributed by atoms with E-state index in [0.717, 1.165) is 13.4 Å². The van der Waals surface area contributed by atoms with E-state index in [1.807, 2.05) is 12.1 Å². The van der Waals surface area contributed by atoms with E-state index >= 15 is 0 Å². The summed E-state index contributed by atoms with van der Waals surface area (Å²) in [5.41, 5.74) is 3.51. The van der Waals surface area contributed by atoms with E-state index in [-0.39, 0.29) is 17.3 Å². The van der Waals surface area contributed by atoms with Crippen LogP contribution in [0.2, 0.25) is 0 Å². The predicted octanol–water partition coefficient (Wildman–Crippen LogP) is 3.98. The van der Waals surface area contributed by atoms with E-state index < -0.39 is 5.91 Å². The van der Waals surface area contributed by atoms with Gasteiger partial charge in [-0.15, -0.1) is 0 Å². The van der Waals surface area contributed by atoms with Crippen molar-refractivity contribution in [1.82, 2.24) is 5.43 Å². The second kappa shape index (κ2) is 6.81. The van der Waals surface area contributed by atoms with Crippen molar-refractivity contribution >= 4 is 61.6 Å². The number of furan rings is 1. The Hall–Kier alpha value is -2.07. The minimum atomic E-state index is -0.489. The summed E-state index contributed by atoms with van der Waals surface area (Å²) < 4.78 is 7.35. The fraction of sp³-hybridized carbons (Fsp3) is 0. The van der Waals surface area contributed by atoms with Crippen molar-refractivity contribution in [2.45, 2.75) is 0 Å². The quantitative estimate of drug-likeness (QED) is 0.219. The fourth-order valence-corrected chi connectivity index (χ4v) is 3.69. The van der Waals surface area contributed by atoms with E-state index in [1.165, 1.54) is 18.3 Å². The van der Waals surface area contributed by atoms with Crippen molar-refractivity contribution in [3.8, 4) is 11.5 Å². The van der Waals surface area contributed by atoms with Crippen LogP contribution in [0.3, 0.4) is 0 Å². The number of aromatic hydroxyl groups is 2. The number of benzene rings is 2. The molecule has 3 N–H and O–H groups in total. The van der Waals surface area contributed by atoms with E-state index in [0.29, 0.717) is 11.1 Å². The molecule has 0 unspecified atom stereocenters. The maximum absolute atomic E-state index is 12.1. The van der Waals surface area contributed by atoms with Gasteiger partial charge in [0.1, 0.15) is 5.58 Å². The van der Waals surface area contributed by atoms with E-state index in [4.69, 9.17) is 4.42 Å². The highest BCUT2D eigenvalue weighted by Crippen LogP contribution is 2.28. The van der Waals surface area contributed by atoms with Gasteiger partial charge in [-0.1, -0.05) is 15.9 Å². The van der Waals surface area contributed by atoms with Gasteiger partial charge < -0.3 is 14.6 Å². The zero-order chi connectivity index (χ0) is 17.3. The normalized spacial score (nSPS) is 11.2. The zero-order valence-corrected chi connectivity index (χ0v) is 15.7. The molecule has 3 rings (SSSR count). The first-order chi connectivity index (χ1) is 11.4. The van der Waals surface area contributed by atoms with Gasteiger partial charge in [0.05, 0.1) is 9.78 Å². The van der Waals surface area contributed by atoms with E-state index in [2.05, 4.69) is 49.0 Å². The average Bonchev–Trinajstić information content (AvgIpc) is 2.95. The lowest BCUT2D eigenvalue weighted by Crippen LogP contribution is -2.16. The van der Waals surface area contributed by atoms with Gasteiger partial charge >= 0.3 is 5.91 Å². The minimum Gasteiger partial charge on any atom is -0.504 e. The molecule has 8 heteroatoms. The Labute approximate surface area is 158 Å². The Morgan fingerprint density at radius 1 is 1.21 bits per heavy atom. The van der Waals surface area contributed by atoms with Crippen LogP contribution in [-0.2, 0) is 0 Å². The highest BCUT2D eigenvalue weighted by molar-refractivity contribution is 14.1. The number of fused-ring (bicyclic) bond motifs is 1. The third-order valence-electron chi connectivity index (χ3n) is 3.14. The van der Waals surface area contributed by atoms with Crippen LogP contribution in [0.1, 0.15) is 16.1 Å². The highest BCUT2D eigenvalue weighted by Gasteiger charge is 2.14. The van der Waals surface area contributed by atoms with Crippen molar-refractivity contribution < 1.29 is 19.4 Å². The van der Waals surface area contributed by atoms with Crippen LogP contribution in [0.4, 0.5) is 0 Å². The molecular formula is C16H10BrIN2O4. The predicted molar refractivity (Wildman–Crippen MR) is 101 cm³/mol. The second-order valence-corrected chi connectivity index (χ2v) is 6.94. The molecule has 0 radical (unpaired) electrons. The number of phenolic OH excluding ortho intramolecular Hbond substituents is 2. The van der Waals surface area contributed by atoms with Gasteiger partial charge in [-0.05, 0) is 64.6 Å². The van der Waals surface area contributed by atoms with Crippen LogP contribution in [0.25, 0.3) is 11.0 Å². The van der Waals surface area contributed by atoms with Crippen molar-refractivity contribution in [2.24, 2.45) is 5.10 Å². The van der Waals surface area contributed by atoms with Gasteiger partial charge in [0, 0.05) is 9.86 Å². The summed E-state index contributed by atoms with van der Waals surface area (Å²) in [5.74, 6) is -0.828. The molecule has 3 aromatic rings. The summed E-state index contributed by atoms with van der Waals surface area (Å²) in [4.78, 5) is 12.1. The molecule has 2 aromatic carbocycles. The number of carbonyl (C=O) groups excluding carboxylic acids is 1. The molecule has 6 nitrogen and oxygen atoms in total. The molecule has 24 heavy (non-hydrogen) atoms. The number of hydrogen-bond acceptors (Lipinski definition) is 5. The summed E-state index contributed by atoms with van der Waals surface area (Å²) >= 11 is 5.53. The minimum absolute atomic E-state index is 0.145. The Kier molecular flexibility index (Phi) is 4.76. The van der Waals surface area contributed by atoms with E-state index in [9.17, 15) is 15.0 Å². The van der Waals surface area contributed by atoms with Gasteiger partial charge in [-0.3, -0.25) is 4.79 Å². The third kappa shape index (κ3) is 3.54. The first-order valence-corrected chi connectivity index (χ1v) is 8.55. The molecule has 1 amide bonds. The Morgan fingerprint density at radius 2 is 2.00 bits per heavy atom. The molecule has 0 atom stereocenters. The zero-order valence-electron chi connectivity index (χ0n) is 12.0. The lowest BCUT2D eigenvalue weighted by molar-refractivity contribution is 0.0929. The van der Waals surface area contributed by atoms with Crippen molar-refractivity contribution in [3.63, 3.8) is 0 Å². The van der Waals surface area contributed by atoms with Crippen molar-refractivity contribution in [3.05, 3.63) is 55.8 Å². The summed E-state index contributed by atoms with van der Waals surface area (Å²) in [6.07, 6.45) is 1.35. The molecule has 0 aliphatic rings. The second-order valence-electron chi connectivity index (χ2n) is 4.86. The number of rotatable bonds is 3. The molecule has 1 aromatic heterocycles. The lowest BCUT2D eigenvalue weighted by atomic mass is 10.2. The molecule has 0 bridgehead atoms. The van der Waals surface area contributed by atoms with Crippen LogP contribution in [0, 0.1) is 3.57 Å². The average molecular weight is 501 g/mol. The molecule has 1 heterocycles. The Balaban J connectivity index is 1.76. The number of nitrogens with one attached hydrogen (secondary N) is 1. The maximum atomic E-state index is 12.1. The number of hydrogen-bond donors (Lipinski definition) is 3. The van der Waals surface area contributed by atoms with Gasteiger partial charge in [-0.2, -0.15) is 5.10 Å². The smallest absolute Gasteiger partial charge is 0.307 e. The molecule has 0 aliphatic carbocycles. The topological polar surface area (TPSA) is 95.1 Å². The van der Waals surface area contributed by atoms with Crippen LogP contribution in [0.5, 0.6) is 11.5 Å². The highest BCUT2D eigenvalue weighted by atomic mass is 127. The van der Waals surface area contributed by atoms with Gasteiger partial charge in [0.15, 0.2) is 17.3 Å². The number of halogens is 2. The summed E-state index contributed by atoms with van der Waals surface area (Å²) in [6, 6.07) is 9.60. The summed E-state index contributed by atoms with van der Waals surface area (Å²) in [6.45, 7) is 0. The van der Waals surface area contributed by atoms with Crippen molar-refractivity contribution in [1.29, 1.82) is 0 Å². The van der Waals surface area contributed by atoms with E-state index in [1.54, 1.807) is 12.1 Å². The third-order valence-corrected chi connectivity index (χ3v) is 4.40. The largest absolute Gasteiger partial charge is 0.504 e. The standard InChI is InChI=1S/C16H10BrIN2O4/c17-10-4-9-5-14(24-15(9)11(18)6-10)16(23)20-19-7-8-1-2-12(21)13(22)3-8/h1-7,21-22H,(H,20,23)/b19-7-. The first kappa shape index (κ1) is 16.8. The molecular weight excluding hydrogens is 491 g/mol. The molecule has 0 spiro atoms. The molecule has 0 aliphatic heterocycles. The lowest BCUT2D eigenvalue weighted by Gasteiger charge is -1.98.